The number of carbonyl (C=O) groups is 1. The smallest absolute Gasteiger partial charge is 0.268 e. The Bertz CT molecular complexity index is 482. The van der Waals surface area contributed by atoms with Crippen molar-refractivity contribution in [3.05, 3.63) is 4.88 Å². The minimum Gasteiger partial charge on any atom is -0.394 e. The zero-order chi connectivity index (χ0) is 14.2. The maximum absolute atomic E-state index is 12.4. The molecule has 2 rings (SSSR count). The average Bonchev–Trinajstić information content (AvgIpc) is 3.10. The highest BCUT2D eigenvalue weighted by Crippen LogP contribution is 2.31. The van der Waals surface area contributed by atoms with E-state index in [2.05, 4.69) is 10.3 Å². The fourth-order valence-corrected chi connectivity index (χ4v) is 2.42. The monoisotopic (exact) mass is 284 g/mol. The maximum atomic E-state index is 12.4. The molecule has 19 heavy (non-hydrogen) atoms. The largest absolute Gasteiger partial charge is 0.394 e. The van der Waals surface area contributed by atoms with Crippen molar-refractivity contribution < 1.29 is 9.90 Å². The summed E-state index contributed by atoms with van der Waals surface area (Å²) >= 11 is 1.27. The molecule has 6 nitrogen and oxygen atoms in total. The van der Waals surface area contributed by atoms with Gasteiger partial charge in [-0.2, -0.15) is 0 Å². The number of aromatic nitrogens is 1. The summed E-state index contributed by atoms with van der Waals surface area (Å²) in [6.07, 6.45) is 2.28. The van der Waals surface area contributed by atoms with Crippen LogP contribution in [0.3, 0.4) is 0 Å². The maximum Gasteiger partial charge on any atom is 0.268 e. The molecule has 0 spiro atoms. The fourth-order valence-electron chi connectivity index (χ4n) is 1.48. The third-order valence-corrected chi connectivity index (χ3v) is 4.34. The minimum atomic E-state index is -0.627. The average molecular weight is 284 g/mol. The van der Waals surface area contributed by atoms with Gasteiger partial charge in [0.2, 0.25) is 0 Å². The molecule has 0 bridgehead atoms. The van der Waals surface area contributed by atoms with E-state index in [0.29, 0.717) is 16.1 Å². The van der Waals surface area contributed by atoms with E-state index in [-0.39, 0.29) is 18.3 Å². The number of anilines is 2. The lowest BCUT2D eigenvalue weighted by molar-refractivity contribution is 0.0478. The number of nitrogens with one attached hydrogen (secondary N) is 1. The van der Waals surface area contributed by atoms with E-state index >= 15 is 0 Å². The van der Waals surface area contributed by atoms with Crippen molar-refractivity contribution in [2.75, 3.05) is 24.7 Å². The van der Waals surface area contributed by atoms with E-state index < -0.39 is 5.54 Å². The third-order valence-electron chi connectivity index (χ3n) is 3.35. The van der Waals surface area contributed by atoms with E-state index in [1.165, 1.54) is 16.2 Å². The van der Waals surface area contributed by atoms with Gasteiger partial charge in [-0.1, -0.05) is 11.3 Å². The Labute approximate surface area is 116 Å². The molecule has 0 aliphatic heterocycles. The molecule has 1 aromatic rings. The van der Waals surface area contributed by atoms with Crippen LogP contribution in [0.2, 0.25) is 0 Å². The van der Waals surface area contributed by atoms with Gasteiger partial charge in [0.1, 0.15) is 10.7 Å². The van der Waals surface area contributed by atoms with Crippen LogP contribution in [0.15, 0.2) is 0 Å². The molecule has 1 aliphatic rings. The Morgan fingerprint density at radius 2 is 2.26 bits per heavy atom. The highest BCUT2D eigenvalue weighted by molar-refractivity contribution is 7.18. The minimum absolute atomic E-state index is 0.110. The lowest BCUT2D eigenvalue weighted by Gasteiger charge is -2.33. The Balaban J connectivity index is 2.16. The van der Waals surface area contributed by atoms with E-state index in [0.717, 1.165) is 12.8 Å². The lowest BCUT2D eigenvalue weighted by Crippen LogP contribution is -2.47. The Hall–Kier alpha value is -1.34. The van der Waals surface area contributed by atoms with E-state index in [1.54, 1.807) is 20.9 Å². The number of hydrogen-bond acceptors (Lipinski definition) is 6. The predicted octanol–water partition coefficient (Wildman–Crippen LogP) is 1.14. The molecule has 0 atom stereocenters. The zero-order valence-electron chi connectivity index (χ0n) is 11.4. The van der Waals surface area contributed by atoms with Crippen LogP contribution < -0.4 is 11.1 Å². The summed E-state index contributed by atoms with van der Waals surface area (Å²) in [6.45, 7) is 3.48. The molecule has 106 valence electrons. The lowest BCUT2D eigenvalue weighted by atomic mass is 10.1. The standard InChI is InChI=1S/C12H20N4O2S/c1-12(2,6-17)16(3)10(18)8-9(13)15-11(19-8)14-7-4-5-7/h7,17H,4-6,13H2,1-3H3,(H,14,15). The van der Waals surface area contributed by atoms with Gasteiger partial charge in [0.25, 0.3) is 5.91 Å². The predicted molar refractivity (Wildman–Crippen MR) is 76.4 cm³/mol. The van der Waals surface area contributed by atoms with Gasteiger partial charge in [0, 0.05) is 13.1 Å². The number of nitrogen functional groups attached to an aromatic ring is 1. The number of nitrogens with zero attached hydrogens (tertiary/aromatic N) is 2. The SMILES string of the molecule is CN(C(=O)c1sc(NC2CC2)nc1N)C(C)(C)CO. The third kappa shape index (κ3) is 2.98. The van der Waals surface area contributed by atoms with Crippen molar-refractivity contribution in [1.29, 1.82) is 0 Å². The van der Waals surface area contributed by atoms with Crippen molar-refractivity contribution in [1.82, 2.24) is 9.88 Å². The van der Waals surface area contributed by atoms with E-state index in [4.69, 9.17) is 5.73 Å². The summed E-state index contributed by atoms with van der Waals surface area (Å²) in [4.78, 5) is 18.5. The molecule has 4 N–H and O–H groups in total. The normalized spacial score (nSPS) is 15.4. The first-order valence-electron chi connectivity index (χ1n) is 6.27. The molecule has 7 heteroatoms. The second kappa shape index (κ2) is 4.97. The summed E-state index contributed by atoms with van der Waals surface area (Å²) in [5.41, 5.74) is 5.18. The molecule has 0 unspecified atom stereocenters. The molecule has 1 aromatic heterocycles. The van der Waals surface area contributed by atoms with Gasteiger partial charge in [0.15, 0.2) is 5.13 Å². The molecular weight excluding hydrogens is 264 g/mol. The number of aliphatic hydroxyl groups excluding tert-OH is 1. The van der Waals surface area contributed by atoms with Gasteiger partial charge >= 0.3 is 0 Å². The van der Waals surface area contributed by atoms with Crippen molar-refractivity contribution in [3.63, 3.8) is 0 Å². The van der Waals surface area contributed by atoms with Gasteiger partial charge in [0.05, 0.1) is 12.1 Å². The molecule has 1 heterocycles. The van der Waals surface area contributed by atoms with E-state index in [1.807, 2.05) is 0 Å². The van der Waals surface area contributed by atoms with Crippen LogP contribution in [-0.4, -0.2) is 46.1 Å². The molecule has 1 saturated carbocycles. The number of amides is 1. The molecule has 0 aromatic carbocycles. The van der Waals surface area contributed by atoms with Gasteiger partial charge in [-0.3, -0.25) is 4.79 Å². The van der Waals surface area contributed by atoms with Gasteiger partial charge < -0.3 is 21.1 Å². The Morgan fingerprint density at radius 1 is 1.63 bits per heavy atom. The van der Waals surface area contributed by atoms with E-state index in [9.17, 15) is 9.90 Å². The van der Waals surface area contributed by atoms with Crippen LogP contribution in [0, 0.1) is 0 Å². The number of hydrogen-bond donors (Lipinski definition) is 3. The molecule has 0 saturated heterocycles. The second-order valence-electron chi connectivity index (χ2n) is 5.49. The van der Waals surface area contributed by atoms with Gasteiger partial charge in [-0.05, 0) is 26.7 Å². The molecule has 0 radical (unpaired) electrons. The fraction of sp³-hybridized carbons (Fsp3) is 0.667. The molecule has 1 fully saturated rings. The summed E-state index contributed by atoms with van der Waals surface area (Å²) in [7, 11) is 1.66. The second-order valence-corrected chi connectivity index (χ2v) is 6.49. The number of aliphatic hydroxyl groups is 1. The first kappa shape index (κ1) is 14.1. The van der Waals surface area contributed by atoms with Gasteiger partial charge in [-0.15, -0.1) is 0 Å². The summed E-state index contributed by atoms with van der Waals surface area (Å²) in [5, 5.41) is 13.2. The summed E-state index contributed by atoms with van der Waals surface area (Å²) in [5.74, 6) is 0.0386. The number of likely N-dealkylation sites (N-methyl/N-ethyl adjacent to an activating group) is 1. The Morgan fingerprint density at radius 3 is 2.79 bits per heavy atom. The zero-order valence-corrected chi connectivity index (χ0v) is 12.3. The highest BCUT2D eigenvalue weighted by atomic mass is 32.1. The number of nitrogens with two attached hydrogens (primary N) is 1. The van der Waals surface area contributed by atoms with Crippen molar-refractivity contribution in [3.8, 4) is 0 Å². The highest BCUT2D eigenvalue weighted by Gasteiger charge is 2.31. The summed E-state index contributed by atoms with van der Waals surface area (Å²) in [6, 6.07) is 0.472. The van der Waals surface area contributed by atoms with Crippen LogP contribution in [0.25, 0.3) is 0 Å². The van der Waals surface area contributed by atoms with Crippen LogP contribution in [0.1, 0.15) is 36.4 Å². The van der Waals surface area contributed by atoms with Crippen molar-refractivity contribution in [2.24, 2.45) is 0 Å². The van der Waals surface area contributed by atoms with Crippen LogP contribution in [-0.2, 0) is 0 Å². The quantitative estimate of drug-likeness (QED) is 0.754. The van der Waals surface area contributed by atoms with Gasteiger partial charge in [-0.25, -0.2) is 4.98 Å². The topological polar surface area (TPSA) is 91.5 Å². The van der Waals surface area contributed by atoms with Crippen molar-refractivity contribution in [2.45, 2.75) is 38.3 Å². The first-order valence-corrected chi connectivity index (χ1v) is 7.08. The van der Waals surface area contributed by atoms with Crippen LogP contribution in [0.4, 0.5) is 10.9 Å². The molecule has 1 amide bonds. The molecule has 1 aliphatic carbocycles. The molecular formula is C12H20N4O2S. The van der Waals surface area contributed by atoms with Crippen molar-refractivity contribution >= 4 is 28.2 Å². The number of rotatable bonds is 5. The van der Waals surface area contributed by atoms with Crippen LogP contribution >= 0.6 is 11.3 Å². The Kier molecular flexibility index (Phi) is 3.69. The first-order chi connectivity index (χ1) is 8.85. The summed E-state index contributed by atoms with van der Waals surface area (Å²) < 4.78 is 0. The number of thiazole rings is 1. The number of carbonyl (C=O) groups excluding carboxylic acids is 1. The van der Waals surface area contributed by atoms with Crippen LogP contribution in [0.5, 0.6) is 0 Å².